The van der Waals surface area contributed by atoms with Gasteiger partial charge in [-0.25, -0.2) is 17.8 Å². The van der Waals surface area contributed by atoms with E-state index < -0.39 is 26.7 Å². The van der Waals surface area contributed by atoms with Crippen LogP contribution in [-0.2, 0) is 22.6 Å². The van der Waals surface area contributed by atoms with Crippen molar-refractivity contribution in [1.82, 2.24) is 14.5 Å². The smallest absolute Gasteiger partial charge is 0.382 e. The number of halogens is 3. The number of nitrogens with zero attached hydrogens (tertiary/aromatic N) is 3. The Morgan fingerprint density at radius 2 is 1.84 bits per heavy atom. The average molecular weight is 449 g/mol. The van der Waals surface area contributed by atoms with Gasteiger partial charge < -0.3 is 5.73 Å². The molecule has 1 aromatic heterocycles. The van der Waals surface area contributed by atoms with Gasteiger partial charge in [-0.2, -0.15) is 23.5 Å². The minimum atomic E-state index is -4.64. The normalized spacial score (nSPS) is 11.9. The number of para-hydroxylation sites is 1. The van der Waals surface area contributed by atoms with E-state index in [0.717, 1.165) is 18.2 Å². The zero-order valence-electron chi connectivity index (χ0n) is 16.1. The summed E-state index contributed by atoms with van der Waals surface area (Å²) < 4.78 is 66.8. The third-order valence-electron chi connectivity index (χ3n) is 4.46. The average Bonchev–Trinajstić information content (AvgIpc) is 3.06. The molecule has 0 fully saturated rings. The SMILES string of the molecule is N#Cc1c(CCCNS(=O)(=O)c2cccc(C(F)(F)F)c2)nn(-c2ccccc2)c1N. The maximum atomic E-state index is 12.8. The summed E-state index contributed by atoms with van der Waals surface area (Å²) in [5, 5.41) is 13.7. The van der Waals surface area contributed by atoms with Crippen molar-refractivity contribution in [2.24, 2.45) is 0 Å². The number of alkyl halides is 3. The number of nitrogens with two attached hydrogens (primary N) is 1. The minimum absolute atomic E-state index is 0.0540. The van der Waals surface area contributed by atoms with Crippen molar-refractivity contribution in [3.63, 3.8) is 0 Å². The molecule has 0 aliphatic rings. The number of nitriles is 1. The Labute approximate surface area is 177 Å². The highest BCUT2D eigenvalue weighted by molar-refractivity contribution is 7.89. The van der Waals surface area contributed by atoms with E-state index in [1.807, 2.05) is 12.1 Å². The molecule has 11 heteroatoms. The van der Waals surface area contributed by atoms with Gasteiger partial charge in [0, 0.05) is 6.54 Å². The van der Waals surface area contributed by atoms with Crippen LogP contribution in [0.4, 0.5) is 19.0 Å². The Bertz CT molecular complexity index is 1220. The number of hydrogen-bond donors (Lipinski definition) is 2. The standard InChI is InChI=1S/C20H18F3N5O2S/c21-20(22,23)14-6-4-9-16(12-14)31(29,30)26-11-5-10-18-17(13-24)19(25)28(27-18)15-7-2-1-3-8-15/h1-4,6-9,12,26H,5,10-11,25H2. The van der Waals surface area contributed by atoms with E-state index in [-0.39, 0.29) is 30.8 Å². The van der Waals surface area contributed by atoms with Crippen LogP contribution in [0, 0.1) is 11.3 Å². The molecule has 31 heavy (non-hydrogen) atoms. The van der Waals surface area contributed by atoms with Crippen LogP contribution < -0.4 is 10.5 Å². The van der Waals surface area contributed by atoms with E-state index in [1.165, 1.54) is 4.68 Å². The van der Waals surface area contributed by atoms with Crippen molar-refractivity contribution in [3.05, 3.63) is 71.4 Å². The second kappa shape index (κ2) is 8.79. The van der Waals surface area contributed by atoms with E-state index in [0.29, 0.717) is 17.4 Å². The molecular formula is C20H18F3N5O2S. The Morgan fingerprint density at radius 1 is 1.13 bits per heavy atom. The fraction of sp³-hybridized carbons (Fsp3) is 0.200. The zero-order valence-corrected chi connectivity index (χ0v) is 16.9. The van der Waals surface area contributed by atoms with Crippen molar-refractivity contribution in [3.8, 4) is 11.8 Å². The van der Waals surface area contributed by atoms with Crippen LogP contribution in [0.15, 0.2) is 59.5 Å². The number of aromatic nitrogens is 2. The molecule has 3 N–H and O–H groups in total. The van der Waals surface area contributed by atoms with Crippen LogP contribution >= 0.6 is 0 Å². The molecule has 3 rings (SSSR count). The summed E-state index contributed by atoms with van der Waals surface area (Å²) in [6.07, 6.45) is -4.13. The second-order valence-electron chi connectivity index (χ2n) is 6.59. The number of anilines is 1. The van der Waals surface area contributed by atoms with Gasteiger partial charge in [0.25, 0.3) is 0 Å². The monoisotopic (exact) mass is 449 g/mol. The van der Waals surface area contributed by atoms with Gasteiger partial charge in [-0.3, -0.25) is 0 Å². The molecule has 0 unspecified atom stereocenters. The molecule has 0 atom stereocenters. The number of rotatable bonds is 7. The predicted molar refractivity (Wildman–Crippen MR) is 108 cm³/mol. The van der Waals surface area contributed by atoms with E-state index in [2.05, 4.69) is 9.82 Å². The summed E-state index contributed by atoms with van der Waals surface area (Å²) in [6, 6.07) is 14.5. The van der Waals surface area contributed by atoms with Gasteiger partial charge >= 0.3 is 6.18 Å². The zero-order chi connectivity index (χ0) is 22.6. The number of sulfonamides is 1. The third-order valence-corrected chi connectivity index (χ3v) is 5.92. The predicted octanol–water partition coefficient (Wildman–Crippen LogP) is 3.26. The van der Waals surface area contributed by atoms with Crippen molar-refractivity contribution >= 4 is 15.8 Å². The van der Waals surface area contributed by atoms with Crippen molar-refractivity contribution in [2.45, 2.75) is 23.9 Å². The van der Waals surface area contributed by atoms with E-state index in [1.54, 1.807) is 24.3 Å². The van der Waals surface area contributed by atoms with Gasteiger partial charge in [-0.15, -0.1) is 0 Å². The molecule has 1 heterocycles. The fourth-order valence-corrected chi connectivity index (χ4v) is 4.05. The molecule has 0 aliphatic heterocycles. The molecule has 0 saturated carbocycles. The van der Waals surface area contributed by atoms with Crippen LogP contribution in [-0.4, -0.2) is 24.7 Å². The number of nitrogens with one attached hydrogen (secondary N) is 1. The lowest BCUT2D eigenvalue weighted by Crippen LogP contribution is -2.25. The van der Waals surface area contributed by atoms with Gasteiger partial charge in [-0.05, 0) is 43.2 Å². The molecule has 0 amide bonds. The fourth-order valence-electron chi connectivity index (χ4n) is 2.93. The highest BCUT2D eigenvalue weighted by Gasteiger charge is 2.31. The maximum Gasteiger partial charge on any atom is 0.416 e. The highest BCUT2D eigenvalue weighted by Crippen LogP contribution is 2.30. The van der Waals surface area contributed by atoms with Crippen LogP contribution in [0.5, 0.6) is 0 Å². The maximum absolute atomic E-state index is 12.8. The Balaban J connectivity index is 1.68. The lowest BCUT2D eigenvalue weighted by Gasteiger charge is -2.10. The highest BCUT2D eigenvalue weighted by atomic mass is 32.2. The first-order chi connectivity index (χ1) is 14.6. The van der Waals surface area contributed by atoms with Crippen LogP contribution in [0.2, 0.25) is 0 Å². The Kier molecular flexibility index (Phi) is 6.33. The van der Waals surface area contributed by atoms with Crippen LogP contribution in [0.1, 0.15) is 23.2 Å². The number of benzene rings is 2. The Morgan fingerprint density at radius 3 is 2.48 bits per heavy atom. The molecule has 3 aromatic rings. The van der Waals surface area contributed by atoms with Gasteiger partial charge in [-0.1, -0.05) is 24.3 Å². The van der Waals surface area contributed by atoms with E-state index in [4.69, 9.17) is 5.73 Å². The summed E-state index contributed by atoms with van der Waals surface area (Å²) in [4.78, 5) is -0.474. The van der Waals surface area contributed by atoms with E-state index in [9.17, 15) is 26.9 Å². The first-order valence-electron chi connectivity index (χ1n) is 9.13. The Hall–Kier alpha value is -3.36. The largest absolute Gasteiger partial charge is 0.416 e. The van der Waals surface area contributed by atoms with Gasteiger partial charge in [0.2, 0.25) is 10.0 Å². The third kappa shape index (κ3) is 5.04. The summed E-state index contributed by atoms with van der Waals surface area (Å²) in [5.74, 6) is 0.174. The lowest BCUT2D eigenvalue weighted by atomic mass is 10.1. The molecule has 0 aliphatic carbocycles. The molecular weight excluding hydrogens is 431 g/mol. The van der Waals surface area contributed by atoms with Gasteiger partial charge in [0.05, 0.1) is 21.8 Å². The molecule has 162 valence electrons. The molecule has 0 saturated heterocycles. The number of nitrogen functional groups attached to an aromatic ring is 1. The molecule has 0 spiro atoms. The van der Waals surface area contributed by atoms with Gasteiger partial charge in [0.1, 0.15) is 17.5 Å². The van der Waals surface area contributed by atoms with Crippen molar-refractivity contribution < 1.29 is 21.6 Å². The molecule has 7 nitrogen and oxygen atoms in total. The summed E-state index contributed by atoms with van der Waals surface area (Å²) >= 11 is 0. The lowest BCUT2D eigenvalue weighted by molar-refractivity contribution is -0.137. The number of hydrogen-bond acceptors (Lipinski definition) is 5. The topological polar surface area (TPSA) is 114 Å². The molecule has 0 radical (unpaired) electrons. The van der Waals surface area contributed by atoms with Gasteiger partial charge in [0.15, 0.2) is 0 Å². The van der Waals surface area contributed by atoms with Crippen molar-refractivity contribution in [1.29, 1.82) is 5.26 Å². The summed E-state index contributed by atoms with van der Waals surface area (Å²) in [6.45, 7) is -0.0540. The second-order valence-corrected chi connectivity index (χ2v) is 8.36. The summed E-state index contributed by atoms with van der Waals surface area (Å²) in [7, 11) is -4.12. The van der Waals surface area contributed by atoms with E-state index >= 15 is 0 Å². The number of aryl methyl sites for hydroxylation is 1. The summed E-state index contributed by atoms with van der Waals surface area (Å²) in [5.41, 5.74) is 6.25. The molecule has 2 aromatic carbocycles. The molecule has 0 bridgehead atoms. The van der Waals surface area contributed by atoms with Crippen molar-refractivity contribution in [2.75, 3.05) is 12.3 Å². The minimum Gasteiger partial charge on any atom is -0.382 e. The quantitative estimate of drug-likeness (QED) is 0.538. The van der Waals surface area contributed by atoms with Crippen LogP contribution in [0.25, 0.3) is 5.69 Å². The first kappa shape index (κ1) is 22.3. The van der Waals surface area contributed by atoms with Crippen LogP contribution in [0.3, 0.4) is 0 Å². The first-order valence-corrected chi connectivity index (χ1v) is 10.6.